The number of anilines is 2. The third-order valence-electron chi connectivity index (χ3n) is 3.58. The van der Waals surface area contributed by atoms with Gasteiger partial charge in [-0.3, -0.25) is 4.79 Å². The maximum absolute atomic E-state index is 12.1. The number of carbonyl (C=O) groups excluding carboxylic acids is 1. The van der Waals surface area contributed by atoms with E-state index >= 15 is 0 Å². The molecule has 1 aliphatic rings. The van der Waals surface area contributed by atoms with Gasteiger partial charge in [-0.25, -0.2) is 0 Å². The number of hydrogen-bond donors (Lipinski definition) is 1. The van der Waals surface area contributed by atoms with Crippen LogP contribution in [0.15, 0.2) is 28.6 Å². The Morgan fingerprint density at radius 1 is 1.31 bits per heavy atom. The standard InChI is InChI=1S/C17H22N4O3S2/c1-12(2)24-16-19-20-17(26-16)25-11-15(22)18-13-3-5-14(6-4-13)21-7-9-23-10-8-21/h3-6,12H,7-11H2,1-2H3,(H,18,22). The van der Waals surface area contributed by atoms with Gasteiger partial charge in [0.1, 0.15) is 0 Å². The van der Waals surface area contributed by atoms with E-state index in [0.29, 0.717) is 5.19 Å². The molecule has 0 radical (unpaired) electrons. The maximum Gasteiger partial charge on any atom is 0.295 e. The van der Waals surface area contributed by atoms with Gasteiger partial charge < -0.3 is 19.7 Å². The highest BCUT2D eigenvalue weighted by atomic mass is 32.2. The average Bonchev–Trinajstić information content (AvgIpc) is 3.08. The Labute approximate surface area is 161 Å². The van der Waals surface area contributed by atoms with Gasteiger partial charge in [-0.1, -0.05) is 16.9 Å². The van der Waals surface area contributed by atoms with Crippen molar-refractivity contribution in [3.05, 3.63) is 24.3 Å². The van der Waals surface area contributed by atoms with E-state index in [9.17, 15) is 4.79 Å². The van der Waals surface area contributed by atoms with Crippen LogP contribution in [0.25, 0.3) is 0 Å². The molecule has 0 atom stereocenters. The van der Waals surface area contributed by atoms with Gasteiger partial charge in [-0.15, -0.1) is 5.10 Å². The number of hydrogen-bond acceptors (Lipinski definition) is 8. The van der Waals surface area contributed by atoms with Gasteiger partial charge in [-0.05, 0) is 49.4 Å². The van der Waals surface area contributed by atoms with Crippen molar-refractivity contribution in [2.75, 3.05) is 42.3 Å². The monoisotopic (exact) mass is 394 g/mol. The van der Waals surface area contributed by atoms with Crippen molar-refractivity contribution in [1.82, 2.24) is 10.2 Å². The molecule has 7 nitrogen and oxygen atoms in total. The second kappa shape index (κ2) is 9.20. The normalized spacial score (nSPS) is 14.5. The van der Waals surface area contributed by atoms with Crippen molar-refractivity contribution in [2.45, 2.75) is 24.3 Å². The van der Waals surface area contributed by atoms with Gasteiger partial charge in [-0.2, -0.15) is 0 Å². The molecule has 26 heavy (non-hydrogen) atoms. The Balaban J connectivity index is 1.46. The van der Waals surface area contributed by atoms with E-state index in [1.54, 1.807) is 0 Å². The van der Waals surface area contributed by atoms with Crippen LogP contribution in [0.1, 0.15) is 13.8 Å². The summed E-state index contributed by atoms with van der Waals surface area (Å²) in [6, 6.07) is 7.89. The van der Waals surface area contributed by atoms with Gasteiger partial charge in [0.05, 0.1) is 25.1 Å². The van der Waals surface area contributed by atoms with Crippen LogP contribution < -0.4 is 15.0 Å². The molecule has 0 aliphatic carbocycles. The molecular formula is C17H22N4O3S2. The molecule has 0 bridgehead atoms. The van der Waals surface area contributed by atoms with Gasteiger partial charge in [0, 0.05) is 24.5 Å². The van der Waals surface area contributed by atoms with E-state index in [1.807, 2.05) is 38.1 Å². The molecule has 2 aromatic rings. The second-order valence-electron chi connectivity index (χ2n) is 5.98. The van der Waals surface area contributed by atoms with Crippen LogP contribution in [0.3, 0.4) is 0 Å². The lowest BCUT2D eigenvalue weighted by molar-refractivity contribution is -0.113. The molecule has 140 valence electrons. The fourth-order valence-electron chi connectivity index (χ4n) is 2.41. The lowest BCUT2D eigenvalue weighted by atomic mass is 10.2. The van der Waals surface area contributed by atoms with Crippen molar-refractivity contribution in [3.8, 4) is 5.19 Å². The predicted octanol–water partition coefficient (Wildman–Crippen LogP) is 2.89. The highest BCUT2D eigenvalue weighted by Crippen LogP contribution is 2.27. The van der Waals surface area contributed by atoms with E-state index in [4.69, 9.17) is 9.47 Å². The number of thioether (sulfide) groups is 1. The molecule has 2 heterocycles. The van der Waals surface area contributed by atoms with E-state index in [2.05, 4.69) is 20.4 Å². The number of benzene rings is 1. The van der Waals surface area contributed by atoms with Crippen molar-refractivity contribution in [3.63, 3.8) is 0 Å². The van der Waals surface area contributed by atoms with Crippen molar-refractivity contribution >= 4 is 40.4 Å². The lowest BCUT2D eigenvalue weighted by Crippen LogP contribution is -2.36. The first-order valence-corrected chi connectivity index (χ1v) is 10.3. The van der Waals surface area contributed by atoms with Crippen LogP contribution in [0, 0.1) is 0 Å². The Kier molecular flexibility index (Phi) is 6.70. The summed E-state index contributed by atoms with van der Waals surface area (Å²) >= 11 is 2.70. The fraction of sp³-hybridized carbons (Fsp3) is 0.471. The quantitative estimate of drug-likeness (QED) is 0.724. The Hall–Kier alpha value is -1.84. The number of carbonyl (C=O) groups is 1. The fourth-order valence-corrected chi connectivity index (χ4v) is 4.01. The summed E-state index contributed by atoms with van der Waals surface area (Å²) < 4.78 is 11.6. The van der Waals surface area contributed by atoms with Crippen LogP contribution >= 0.6 is 23.1 Å². The number of ether oxygens (including phenoxy) is 2. The number of amides is 1. The van der Waals surface area contributed by atoms with Gasteiger partial charge >= 0.3 is 0 Å². The molecule has 1 N–H and O–H groups in total. The first-order chi connectivity index (χ1) is 12.6. The van der Waals surface area contributed by atoms with Crippen molar-refractivity contribution in [2.24, 2.45) is 0 Å². The van der Waals surface area contributed by atoms with Crippen LogP contribution in [-0.4, -0.2) is 54.3 Å². The molecule has 1 saturated heterocycles. The smallest absolute Gasteiger partial charge is 0.295 e. The molecule has 0 spiro atoms. The van der Waals surface area contributed by atoms with Gasteiger partial charge in [0.25, 0.3) is 5.19 Å². The number of nitrogens with one attached hydrogen (secondary N) is 1. The van der Waals surface area contributed by atoms with E-state index in [-0.39, 0.29) is 17.8 Å². The largest absolute Gasteiger partial charge is 0.466 e. The first-order valence-electron chi connectivity index (χ1n) is 8.46. The molecule has 0 unspecified atom stereocenters. The second-order valence-corrected chi connectivity index (χ2v) is 8.15. The Bertz CT molecular complexity index is 715. The zero-order valence-corrected chi connectivity index (χ0v) is 16.4. The highest BCUT2D eigenvalue weighted by molar-refractivity contribution is 8.01. The minimum Gasteiger partial charge on any atom is -0.466 e. The zero-order valence-electron chi connectivity index (χ0n) is 14.8. The van der Waals surface area contributed by atoms with E-state index < -0.39 is 0 Å². The summed E-state index contributed by atoms with van der Waals surface area (Å²) in [4.78, 5) is 14.4. The number of aromatic nitrogens is 2. The topological polar surface area (TPSA) is 76.6 Å². The van der Waals surface area contributed by atoms with Gasteiger partial charge in [0.2, 0.25) is 5.91 Å². The molecule has 1 aromatic heterocycles. The molecule has 3 rings (SSSR count). The summed E-state index contributed by atoms with van der Waals surface area (Å²) in [5.74, 6) is 0.206. The van der Waals surface area contributed by atoms with Crippen LogP contribution in [0.5, 0.6) is 5.19 Å². The first kappa shape index (κ1) is 18.9. The predicted molar refractivity (Wildman–Crippen MR) is 105 cm³/mol. The van der Waals surface area contributed by atoms with Gasteiger partial charge in [0.15, 0.2) is 4.34 Å². The molecule has 1 fully saturated rings. The third kappa shape index (κ3) is 5.58. The van der Waals surface area contributed by atoms with Crippen LogP contribution in [-0.2, 0) is 9.53 Å². The molecule has 1 aromatic carbocycles. The summed E-state index contributed by atoms with van der Waals surface area (Å²) in [6.07, 6.45) is 0.0598. The number of nitrogens with zero attached hydrogens (tertiary/aromatic N) is 3. The molecule has 9 heteroatoms. The summed E-state index contributed by atoms with van der Waals surface area (Å²) in [7, 11) is 0. The number of rotatable bonds is 7. The minimum atomic E-state index is -0.0735. The average molecular weight is 395 g/mol. The summed E-state index contributed by atoms with van der Waals surface area (Å²) in [6.45, 7) is 7.17. The van der Waals surface area contributed by atoms with Crippen LogP contribution in [0.4, 0.5) is 11.4 Å². The van der Waals surface area contributed by atoms with Crippen molar-refractivity contribution < 1.29 is 14.3 Å². The SMILES string of the molecule is CC(C)Oc1nnc(SCC(=O)Nc2ccc(N3CCOCC3)cc2)s1. The summed E-state index contributed by atoms with van der Waals surface area (Å²) in [5.41, 5.74) is 1.93. The van der Waals surface area contributed by atoms with Crippen molar-refractivity contribution in [1.29, 1.82) is 0 Å². The van der Waals surface area contributed by atoms with Crippen LogP contribution in [0.2, 0.25) is 0 Å². The number of morpholine rings is 1. The Morgan fingerprint density at radius 2 is 2.04 bits per heavy atom. The highest BCUT2D eigenvalue weighted by Gasteiger charge is 2.12. The van der Waals surface area contributed by atoms with E-state index in [1.165, 1.54) is 23.1 Å². The molecular weight excluding hydrogens is 372 g/mol. The minimum absolute atomic E-state index is 0.0598. The lowest BCUT2D eigenvalue weighted by Gasteiger charge is -2.28. The zero-order chi connectivity index (χ0) is 18.4. The third-order valence-corrected chi connectivity index (χ3v) is 5.53. The van der Waals surface area contributed by atoms with E-state index in [0.717, 1.165) is 42.0 Å². The summed E-state index contributed by atoms with van der Waals surface area (Å²) in [5, 5.41) is 11.4. The Morgan fingerprint density at radius 3 is 2.73 bits per heavy atom. The molecule has 1 amide bonds. The molecule has 0 saturated carbocycles. The molecule has 1 aliphatic heterocycles. The maximum atomic E-state index is 12.1.